The minimum atomic E-state index is -0.0619. The van der Waals surface area contributed by atoms with Crippen molar-refractivity contribution in [1.82, 2.24) is 16.0 Å². The highest BCUT2D eigenvalue weighted by molar-refractivity contribution is 5.94. The van der Waals surface area contributed by atoms with Crippen LogP contribution in [0.15, 0.2) is 59.6 Å². The number of aliphatic imine (C=N–C) groups is 1. The number of amides is 1. The fourth-order valence-corrected chi connectivity index (χ4v) is 2.53. The third-order valence-electron chi connectivity index (χ3n) is 3.89. The van der Waals surface area contributed by atoms with E-state index in [4.69, 9.17) is 0 Å². The van der Waals surface area contributed by atoms with Gasteiger partial charge in [0, 0.05) is 32.7 Å². The molecule has 3 N–H and O–H groups in total. The lowest BCUT2D eigenvalue weighted by Gasteiger charge is -2.12. The van der Waals surface area contributed by atoms with Crippen LogP contribution in [0, 0.1) is 0 Å². The van der Waals surface area contributed by atoms with Crippen LogP contribution in [0.25, 0.3) is 0 Å². The first-order valence-corrected chi connectivity index (χ1v) is 8.52. The molecule has 25 heavy (non-hydrogen) atoms. The largest absolute Gasteiger partial charge is 0.356 e. The zero-order valence-corrected chi connectivity index (χ0v) is 14.9. The number of hydrogen-bond acceptors (Lipinski definition) is 2. The summed E-state index contributed by atoms with van der Waals surface area (Å²) in [5, 5.41) is 9.27. The van der Waals surface area contributed by atoms with Gasteiger partial charge in [-0.2, -0.15) is 0 Å². The predicted molar refractivity (Wildman–Crippen MR) is 103 cm³/mol. The second-order valence-electron chi connectivity index (χ2n) is 5.69. The summed E-state index contributed by atoms with van der Waals surface area (Å²) in [6.45, 7) is 1.58. The molecule has 0 heterocycles. The molecule has 2 aromatic rings. The molecule has 0 radical (unpaired) electrons. The normalized spacial score (nSPS) is 11.0. The van der Waals surface area contributed by atoms with E-state index in [1.807, 2.05) is 30.3 Å². The molecule has 0 aliphatic carbocycles. The highest BCUT2D eigenvalue weighted by Crippen LogP contribution is 2.05. The highest BCUT2D eigenvalue weighted by atomic mass is 16.1. The molecule has 0 saturated heterocycles. The van der Waals surface area contributed by atoms with Gasteiger partial charge in [0.15, 0.2) is 5.96 Å². The van der Waals surface area contributed by atoms with Crippen LogP contribution in [0.3, 0.4) is 0 Å². The van der Waals surface area contributed by atoms with Crippen molar-refractivity contribution in [3.05, 3.63) is 71.3 Å². The van der Waals surface area contributed by atoms with Crippen LogP contribution >= 0.6 is 0 Å². The van der Waals surface area contributed by atoms with Crippen molar-refractivity contribution >= 4 is 11.9 Å². The van der Waals surface area contributed by atoms with Gasteiger partial charge >= 0.3 is 0 Å². The number of nitrogens with zero attached hydrogens (tertiary/aromatic N) is 1. The zero-order valence-electron chi connectivity index (χ0n) is 14.9. The van der Waals surface area contributed by atoms with E-state index in [0.717, 1.165) is 37.5 Å². The van der Waals surface area contributed by atoms with E-state index in [0.29, 0.717) is 5.56 Å². The summed E-state index contributed by atoms with van der Waals surface area (Å²) in [5.41, 5.74) is 3.11. The maximum atomic E-state index is 11.7. The van der Waals surface area contributed by atoms with Gasteiger partial charge in [-0.25, -0.2) is 0 Å². The first-order valence-electron chi connectivity index (χ1n) is 8.52. The minimum Gasteiger partial charge on any atom is -0.356 e. The topological polar surface area (TPSA) is 65.5 Å². The van der Waals surface area contributed by atoms with Crippen molar-refractivity contribution in [1.29, 1.82) is 0 Å². The van der Waals surface area contributed by atoms with Crippen molar-refractivity contribution in [2.45, 2.75) is 12.8 Å². The number of rotatable bonds is 7. The Morgan fingerprint density at radius 3 is 2.20 bits per heavy atom. The van der Waals surface area contributed by atoms with Crippen LogP contribution in [0.1, 0.15) is 21.5 Å². The van der Waals surface area contributed by atoms with Crippen LogP contribution in [0.4, 0.5) is 0 Å². The molecular formula is C20H26N4O. The first-order chi connectivity index (χ1) is 12.2. The van der Waals surface area contributed by atoms with Gasteiger partial charge in [0.2, 0.25) is 0 Å². The van der Waals surface area contributed by atoms with Crippen molar-refractivity contribution in [2.24, 2.45) is 4.99 Å². The molecule has 2 aromatic carbocycles. The Morgan fingerprint density at radius 1 is 0.920 bits per heavy atom. The molecular weight excluding hydrogens is 312 g/mol. The van der Waals surface area contributed by atoms with Crippen LogP contribution in [0.2, 0.25) is 0 Å². The summed E-state index contributed by atoms with van der Waals surface area (Å²) in [7, 11) is 3.41. The third kappa shape index (κ3) is 6.30. The summed E-state index contributed by atoms with van der Waals surface area (Å²) in [6, 6.07) is 18.0. The molecule has 2 rings (SSSR count). The lowest BCUT2D eigenvalue weighted by atomic mass is 10.1. The molecule has 0 saturated carbocycles. The molecule has 5 nitrogen and oxygen atoms in total. The molecule has 0 aromatic heterocycles. The molecule has 0 bridgehead atoms. The van der Waals surface area contributed by atoms with Gasteiger partial charge < -0.3 is 16.0 Å². The van der Waals surface area contributed by atoms with Crippen molar-refractivity contribution in [2.75, 3.05) is 27.2 Å². The standard InChI is InChI=1S/C20H26N4O/c1-21-19(25)18-10-6-9-17(15-18)12-14-24-20(22-2)23-13-11-16-7-4-3-5-8-16/h3-10,15H,11-14H2,1-2H3,(H,21,25)(H2,22,23,24). The maximum absolute atomic E-state index is 11.7. The summed E-state index contributed by atoms with van der Waals surface area (Å²) < 4.78 is 0. The summed E-state index contributed by atoms with van der Waals surface area (Å²) in [4.78, 5) is 15.9. The number of carbonyl (C=O) groups excluding carboxylic acids is 1. The fourth-order valence-electron chi connectivity index (χ4n) is 2.53. The second-order valence-corrected chi connectivity index (χ2v) is 5.69. The van der Waals surface area contributed by atoms with Gasteiger partial charge in [0.05, 0.1) is 0 Å². The van der Waals surface area contributed by atoms with E-state index >= 15 is 0 Å². The Morgan fingerprint density at radius 2 is 1.56 bits per heavy atom. The molecule has 0 spiro atoms. The van der Waals surface area contributed by atoms with Gasteiger partial charge in [-0.15, -0.1) is 0 Å². The molecule has 0 atom stereocenters. The molecule has 132 valence electrons. The molecule has 0 fully saturated rings. The predicted octanol–water partition coefficient (Wildman–Crippen LogP) is 2.00. The van der Waals surface area contributed by atoms with Crippen LogP contribution in [0.5, 0.6) is 0 Å². The zero-order chi connectivity index (χ0) is 17.9. The number of benzene rings is 2. The Balaban J connectivity index is 1.75. The van der Waals surface area contributed by atoms with Gasteiger partial charge in [-0.05, 0) is 36.1 Å². The van der Waals surface area contributed by atoms with E-state index in [-0.39, 0.29) is 5.91 Å². The van der Waals surface area contributed by atoms with E-state index in [1.165, 1.54) is 5.56 Å². The number of guanidine groups is 1. The van der Waals surface area contributed by atoms with Gasteiger partial charge in [0.25, 0.3) is 5.91 Å². The van der Waals surface area contributed by atoms with Crippen LogP contribution < -0.4 is 16.0 Å². The van der Waals surface area contributed by atoms with E-state index < -0.39 is 0 Å². The van der Waals surface area contributed by atoms with Crippen molar-refractivity contribution in [3.8, 4) is 0 Å². The smallest absolute Gasteiger partial charge is 0.251 e. The summed E-state index contributed by atoms with van der Waals surface area (Å²) in [6.07, 6.45) is 1.78. The monoisotopic (exact) mass is 338 g/mol. The third-order valence-corrected chi connectivity index (χ3v) is 3.89. The van der Waals surface area contributed by atoms with Crippen LogP contribution in [-0.4, -0.2) is 39.1 Å². The minimum absolute atomic E-state index is 0.0619. The maximum Gasteiger partial charge on any atom is 0.251 e. The summed E-state index contributed by atoms with van der Waals surface area (Å²) in [5.74, 6) is 0.728. The van der Waals surface area contributed by atoms with Gasteiger partial charge in [-0.1, -0.05) is 42.5 Å². The molecule has 0 aliphatic rings. The number of carbonyl (C=O) groups is 1. The average Bonchev–Trinajstić information content (AvgIpc) is 2.67. The highest BCUT2D eigenvalue weighted by Gasteiger charge is 2.04. The number of nitrogens with one attached hydrogen (secondary N) is 3. The van der Waals surface area contributed by atoms with Gasteiger partial charge in [0.1, 0.15) is 0 Å². The molecule has 0 unspecified atom stereocenters. The Bertz CT molecular complexity index is 698. The van der Waals surface area contributed by atoms with Crippen LogP contribution in [-0.2, 0) is 12.8 Å². The van der Waals surface area contributed by atoms with E-state index in [1.54, 1.807) is 14.1 Å². The average molecular weight is 338 g/mol. The Labute approximate surface area is 149 Å². The summed E-state index contributed by atoms with van der Waals surface area (Å²) >= 11 is 0. The second kappa shape index (κ2) is 10.1. The molecule has 0 aliphatic heterocycles. The van der Waals surface area contributed by atoms with E-state index in [9.17, 15) is 4.79 Å². The Kier molecular flexibility index (Phi) is 7.50. The van der Waals surface area contributed by atoms with Crippen molar-refractivity contribution in [3.63, 3.8) is 0 Å². The Hall–Kier alpha value is -2.82. The SMILES string of the molecule is CN=C(NCCc1ccccc1)NCCc1cccc(C(=O)NC)c1. The lowest BCUT2D eigenvalue weighted by molar-refractivity contribution is 0.0963. The molecule has 1 amide bonds. The van der Waals surface area contributed by atoms with E-state index in [2.05, 4.69) is 45.2 Å². The fraction of sp³-hybridized carbons (Fsp3) is 0.300. The number of hydrogen-bond donors (Lipinski definition) is 3. The van der Waals surface area contributed by atoms with Gasteiger partial charge in [-0.3, -0.25) is 9.79 Å². The first kappa shape index (κ1) is 18.5. The quantitative estimate of drug-likeness (QED) is 0.534. The molecule has 5 heteroatoms. The lowest BCUT2D eigenvalue weighted by Crippen LogP contribution is -2.39. The van der Waals surface area contributed by atoms with Crippen molar-refractivity contribution < 1.29 is 4.79 Å².